The van der Waals surface area contributed by atoms with Gasteiger partial charge in [-0.05, 0) is 54.9 Å². The van der Waals surface area contributed by atoms with Gasteiger partial charge in [-0.25, -0.2) is 4.39 Å². The third-order valence-corrected chi connectivity index (χ3v) is 8.72. The number of carboxylic acid groups (broad SMARTS) is 1. The van der Waals surface area contributed by atoms with E-state index < -0.39 is 25.9 Å². The molecule has 0 fully saturated rings. The van der Waals surface area contributed by atoms with Crippen molar-refractivity contribution >= 4 is 13.3 Å². The molecule has 32 heavy (non-hydrogen) atoms. The van der Waals surface area contributed by atoms with Crippen LogP contribution in [0.4, 0.5) is 4.39 Å². The summed E-state index contributed by atoms with van der Waals surface area (Å²) in [6.07, 6.45) is 1.93. The standard InChI is InChI=1S/C24H33FNO5P/c1-16(2)24-20(11-13-32(30,31-3)15-19(27)14-22(28)29)23(17-7-9-18(25)10-8-17)21-6-4-5-12-26(21)24/h7-10,16,19,27H,4-6,11-15H2,1-3H3,(H,28,29)/t19-,32?/m0/s1. The topological polar surface area (TPSA) is 88.8 Å². The minimum atomic E-state index is -3.24. The van der Waals surface area contributed by atoms with E-state index in [2.05, 4.69) is 18.4 Å². The number of carbonyl (C=O) groups is 1. The van der Waals surface area contributed by atoms with E-state index in [0.29, 0.717) is 6.42 Å². The molecule has 3 rings (SSSR count). The van der Waals surface area contributed by atoms with Crippen LogP contribution in [-0.4, -0.2) is 46.3 Å². The Labute approximate surface area is 188 Å². The summed E-state index contributed by atoms with van der Waals surface area (Å²) in [6, 6.07) is 6.51. The predicted octanol–water partition coefficient (Wildman–Crippen LogP) is 5.06. The van der Waals surface area contributed by atoms with E-state index in [0.717, 1.165) is 42.5 Å². The van der Waals surface area contributed by atoms with Gasteiger partial charge in [0.05, 0.1) is 18.7 Å². The van der Waals surface area contributed by atoms with Gasteiger partial charge in [0.25, 0.3) is 0 Å². The van der Waals surface area contributed by atoms with Crippen LogP contribution in [0.5, 0.6) is 0 Å². The number of halogens is 1. The molecule has 0 bridgehead atoms. The molecule has 0 saturated carbocycles. The highest BCUT2D eigenvalue weighted by Gasteiger charge is 2.31. The highest BCUT2D eigenvalue weighted by molar-refractivity contribution is 7.59. The molecule has 0 amide bonds. The summed E-state index contributed by atoms with van der Waals surface area (Å²) in [5.41, 5.74) is 5.56. The Bertz CT molecular complexity index is 999. The number of benzene rings is 1. The number of aliphatic hydroxyl groups is 1. The maximum atomic E-state index is 13.6. The van der Waals surface area contributed by atoms with E-state index >= 15 is 0 Å². The van der Waals surface area contributed by atoms with Gasteiger partial charge in [-0.15, -0.1) is 0 Å². The van der Waals surface area contributed by atoms with E-state index in [-0.39, 0.29) is 24.1 Å². The van der Waals surface area contributed by atoms with E-state index in [1.807, 2.05) is 0 Å². The van der Waals surface area contributed by atoms with Gasteiger partial charge >= 0.3 is 5.97 Å². The summed E-state index contributed by atoms with van der Waals surface area (Å²) >= 11 is 0. The number of aliphatic hydroxyl groups excluding tert-OH is 1. The Kier molecular flexibility index (Phi) is 7.97. The zero-order chi connectivity index (χ0) is 23.5. The van der Waals surface area contributed by atoms with Gasteiger partial charge in [0, 0.05) is 36.8 Å². The molecule has 2 atom stereocenters. The Morgan fingerprint density at radius 3 is 2.53 bits per heavy atom. The fraction of sp³-hybridized carbons (Fsp3) is 0.542. The van der Waals surface area contributed by atoms with Gasteiger partial charge in [-0.1, -0.05) is 26.0 Å². The Balaban J connectivity index is 2.01. The molecule has 2 heterocycles. The number of rotatable bonds is 10. The summed E-state index contributed by atoms with van der Waals surface area (Å²) < 4.78 is 34.6. The molecule has 1 aliphatic rings. The maximum absolute atomic E-state index is 13.6. The van der Waals surface area contributed by atoms with Gasteiger partial charge in [0.2, 0.25) is 7.37 Å². The molecule has 1 unspecified atom stereocenters. The predicted molar refractivity (Wildman–Crippen MR) is 123 cm³/mol. The summed E-state index contributed by atoms with van der Waals surface area (Å²) in [5, 5.41) is 19.0. The van der Waals surface area contributed by atoms with Crippen LogP contribution < -0.4 is 0 Å². The molecule has 2 aromatic rings. The zero-order valence-electron chi connectivity index (χ0n) is 19.0. The van der Waals surface area contributed by atoms with Crippen molar-refractivity contribution in [3.63, 3.8) is 0 Å². The van der Waals surface area contributed by atoms with Crippen LogP contribution in [0.2, 0.25) is 0 Å². The first-order valence-corrected chi connectivity index (χ1v) is 13.2. The molecule has 176 valence electrons. The monoisotopic (exact) mass is 465 g/mol. The third-order valence-electron chi connectivity index (χ3n) is 6.18. The number of fused-ring (bicyclic) bond motifs is 1. The van der Waals surface area contributed by atoms with Gasteiger partial charge in [0.15, 0.2) is 0 Å². The molecule has 0 aliphatic carbocycles. The van der Waals surface area contributed by atoms with Crippen LogP contribution in [-0.2, 0) is 33.3 Å². The van der Waals surface area contributed by atoms with Crippen molar-refractivity contribution in [2.75, 3.05) is 19.4 Å². The third kappa shape index (κ3) is 5.51. The molecule has 1 aromatic heterocycles. The smallest absolute Gasteiger partial charge is 0.305 e. The molecule has 0 spiro atoms. The average molecular weight is 466 g/mol. The largest absolute Gasteiger partial charge is 0.481 e. The number of nitrogens with zero attached hydrogens (tertiary/aromatic N) is 1. The minimum absolute atomic E-state index is 0.188. The lowest BCUT2D eigenvalue weighted by Crippen LogP contribution is -2.19. The van der Waals surface area contributed by atoms with Gasteiger partial charge < -0.3 is 19.3 Å². The Hall–Kier alpha value is -1.95. The van der Waals surface area contributed by atoms with E-state index in [1.54, 1.807) is 12.1 Å². The van der Waals surface area contributed by atoms with Crippen molar-refractivity contribution in [2.24, 2.45) is 0 Å². The maximum Gasteiger partial charge on any atom is 0.305 e. The summed E-state index contributed by atoms with van der Waals surface area (Å²) in [4.78, 5) is 10.9. The average Bonchev–Trinajstić information content (AvgIpc) is 3.06. The minimum Gasteiger partial charge on any atom is -0.481 e. The summed E-state index contributed by atoms with van der Waals surface area (Å²) in [6.45, 7) is 5.21. The Morgan fingerprint density at radius 2 is 1.94 bits per heavy atom. The van der Waals surface area contributed by atoms with Gasteiger partial charge in [0.1, 0.15) is 5.82 Å². The number of aromatic nitrogens is 1. The van der Waals surface area contributed by atoms with Crippen molar-refractivity contribution in [2.45, 2.75) is 64.5 Å². The first-order valence-electron chi connectivity index (χ1n) is 11.2. The van der Waals surface area contributed by atoms with Crippen molar-refractivity contribution in [3.05, 3.63) is 47.0 Å². The molecule has 1 aromatic carbocycles. The first-order chi connectivity index (χ1) is 15.1. The lowest BCUT2D eigenvalue weighted by Gasteiger charge is -2.21. The van der Waals surface area contributed by atoms with E-state index in [1.165, 1.54) is 30.6 Å². The number of aliphatic carboxylic acids is 1. The van der Waals surface area contributed by atoms with Gasteiger partial charge in [-0.2, -0.15) is 0 Å². The number of carboxylic acids is 1. The fourth-order valence-corrected chi connectivity index (χ4v) is 6.67. The number of hydrogen-bond donors (Lipinski definition) is 2. The molecular weight excluding hydrogens is 432 g/mol. The van der Waals surface area contributed by atoms with Crippen molar-refractivity contribution < 1.29 is 28.5 Å². The lowest BCUT2D eigenvalue weighted by molar-refractivity contribution is -0.138. The van der Waals surface area contributed by atoms with E-state index in [4.69, 9.17) is 9.63 Å². The van der Waals surface area contributed by atoms with Crippen LogP contribution in [0.3, 0.4) is 0 Å². The molecule has 6 nitrogen and oxygen atoms in total. The molecule has 0 radical (unpaired) electrons. The highest BCUT2D eigenvalue weighted by Crippen LogP contribution is 2.49. The normalized spacial score (nSPS) is 16.6. The van der Waals surface area contributed by atoms with Crippen LogP contribution in [0.1, 0.15) is 56.0 Å². The molecule has 2 N–H and O–H groups in total. The second-order valence-corrected chi connectivity index (χ2v) is 11.7. The highest BCUT2D eigenvalue weighted by atomic mass is 31.2. The van der Waals surface area contributed by atoms with Crippen molar-refractivity contribution in [1.82, 2.24) is 4.57 Å². The van der Waals surface area contributed by atoms with Crippen LogP contribution >= 0.6 is 7.37 Å². The zero-order valence-corrected chi connectivity index (χ0v) is 19.9. The Morgan fingerprint density at radius 1 is 1.25 bits per heavy atom. The van der Waals surface area contributed by atoms with E-state index in [9.17, 15) is 18.9 Å². The molecule has 1 aliphatic heterocycles. The van der Waals surface area contributed by atoms with Crippen molar-refractivity contribution in [3.8, 4) is 11.1 Å². The van der Waals surface area contributed by atoms with Gasteiger partial charge in [-0.3, -0.25) is 9.36 Å². The second-order valence-electron chi connectivity index (χ2n) is 8.86. The summed E-state index contributed by atoms with van der Waals surface area (Å²) in [7, 11) is -1.89. The SMILES string of the molecule is COP(=O)(CCc1c(-c2ccc(F)cc2)c2n(c1C(C)C)CCCC2)C[C@@H](O)CC(=O)O. The van der Waals surface area contributed by atoms with Crippen LogP contribution in [0, 0.1) is 5.82 Å². The first kappa shape index (κ1) is 24.7. The molecular formula is C24H33FNO5P. The second kappa shape index (κ2) is 10.3. The number of hydrogen-bond acceptors (Lipinski definition) is 4. The van der Waals surface area contributed by atoms with Crippen molar-refractivity contribution in [1.29, 1.82) is 0 Å². The molecule has 0 saturated heterocycles. The molecule has 8 heteroatoms. The van der Waals surface area contributed by atoms with Crippen LogP contribution in [0.25, 0.3) is 11.1 Å². The fourth-order valence-electron chi connectivity index (χ4n) is 4.82. The summed E-state index contributed by atoms with van der Waals surface area (Å²) in [5.74, 6) is -1.18. The van der Waals surface area contributed by atoms with Crippen LogP contribution in [0.15, 0.2) is 24.3 Å². The lowest BCUT2D eigenvalue weighted by atomic mass is 9.94. The quantitative estimate of drug-likeness (QED) is 0.479.